The third-order valence-corrected chi connectivity index (χ3v) is 1.82. The smallest absolute Gasteiger partial charge is 0.251 e. The number of hydrogen-bond acceptors (Lipinski definition) is 3. The highest BCUT2D eigenvalue weighted by Crippen LogP contribution is 2.14. The number of anilines is 1. The van der Waals surface area contributed by atoms with Gasteiger partial charge in [0.25, 0.3) is 5.95 Å². The number of nitrogens with zero attached hydrogens (tertiary/aromatic N) is 1. The molecule has 15 heavy (non-hydrogen) atoms. The molecule has 0 fully saturated rings. The summed E-state index contributed by atoms with van der Waals surface area (Å²) < 4.78 is 38.1. The van der Waals surface area contributed by atoms with Gasteiger partial charge in [-0.25, -0.2) is 8.78 Å². The quantitative estimate of drug-likeness (QED) is 0.756. The van der Waals surface area contributed by atoms with Crippen molar-refractivity contribution in [1.82, 2.24) is 4.98 Å². The van der Waals surface area contributed by atoms with Crippen molar-refractivity contribution in [1.29, 1.82) is 0 Å². The molecule has 84 valence electrons. The summed E-state index contributed by atoms with van der Waals surface area (Å²) in [5, 5.41) is 11.2. The van der Waals surface area contributed by atoms with Gasteiger partial charge in [-0.05, 0) is 5.92 Å². The third kappa shape index (κ3) is 3.09. The highest BCUT2D eigenvalue weighted by molar-refractivity contribution is 5.36. The summed E-state index contributed by atoms with van der Waals surface area (Å²) in [6, 6.07) is 0.425. The van der Waals surface area contributed by atoms with E-state index in [-0.39, 0.29) is 24.9 Å². The number of aliphatic hydroxyl groups is 1. The van der Waals surface area contributed by atoms with Crippen LogP contribution in [0, 0.1) is 23.5 Å². The van der Waals surface area contributed by atoms with Gasteiger partial charge in [0.15, 0.2) is 17.5 Å². The molecule has 0 aliphatic carbocycles. The van der Waals surface area contributed by atoms with Crippen LogP contribution in [0.1, 0.15) is 6.92 Å². The topological polar surface area (TPSA) is 45.1 Å². The van der Waals surface area contributed by atoms with Crippen LogP contribution in [0.15, 0.2) is 6.07 Å². The minimum absolute atomic E-state index is 0.0850. The molecular formula is C9H11F3N2O. The molecule has 0 saturated heterocycles. The fourth-order valence-corrected chi connectivity index (χ4v) is 0.904. The molecule has 0 radical (unpaired) electrons. The van der Waals surface area contributed by atoms with Gasteiger partial charge < -0.3 is 10.4 Å². The van der Waals surface area contributed by atoms with E-state index in [4.69, 9.17) is 5.11 Å². The average molecular weight is 220 g/mol. The van der Waals surface area contributed by atoms with E-state index in [0.29, 0.717) is 6.07 Å². The summed E-state index contributed by atoms with van der Waals surface area (Å²) in [5.41, 5.74) is 0. The lowest BCUT2D eigenvalue weighted by atomic mass is 10.2. The van der Waals surface area contributed by atoms with Gasteiger partial charge in [-0.3, -0.25) is 0 Å². The molecule has 3 nitrogen and oxygen atoms in total. The summed E-state index contributed by atoms with van der Waals surface area (Å²) >= 11 is 0. The molecule has 0 aliphatic rings. The number of halogens is 3. The van der Waals surface area contributed by atoms with Crippen LogP contribution in [0.4, 0.5) is 19.0 Å². The van der Waals surface area contributed by atoms with E-state index in [1.807, 2.05) is 0 Å². The maximum absolute atomic E-state index is 13.0. The van der Waals surface area contributed by atoms with E-state index in [1.165, 1.54) is 0 Å². The Morgan fingerprint density at radius 1 is 1.40 bits per heavy atom. The molecule has 0 amide bonds. The van der Waals surface area contributed by atoms with Crippen molar-refractivity contribution in [3.63, 3.8) is 0 Å². The zero-order valence-corrected chi connectivity index (χ0v) is 8.10. The van der Waals surface area contributed by atoms with Crippen LogP contribution < -0.4 is 5.32 Å². The number of nitrogens with one attached hydrogen (secondary N) is 1. The zero-order chi connectivity index (χ0) is 11.4. The highest BCUT2D eigenvalue weighted by atomic mass is 19.2. The van der Waals surface area contributed by atoms with Crippen LogP contribution in [0.2, 0.25) is 0 Å². The number of pyridine rings is 1. The molecule has 0 bridgehead atoms. The number of hydrogen-bond donors (Lipinski definition) is 2. The van der Waals surface area contributed by atoms with Crippen LogP contribution in [0.5, 0.6) is 0 Å². The van der Waals surface area contributed by atoms with Gasteiger partial charge in [0.2, 0.25) is 0 Å². The fourth-order valence-electron chi connectivity index (χ4n) is 0.904. The molecule has 0 saturated carbocycles. The summed E-state index contributed by atoms with van der Waals surface area (Å²) in [5.74, 6) is -4.11. The standard InChI is InChI=1S/C9H11F3N2O/c1-5(4-15)3-13-9-7(11)2-6(10)8(12)14-9/h2,5,15H,3-4H2,1H3,(H,13,14). The van der Waals surface area contributed by atoms with Gasteiger partial charge in [0.1, 0.15) is 0 Å². The minimum Gasteiger partial charge on any atom is -0.396 e. The van der Waals surface area contributed by atoms with Crippen LogP contribution in [0.3, 0.4) is 0 Å². The Hall–Kier alpha value is -1.30. The Bertz CT molecular complexity index is 346. The molecule has 1 atom stereocenters. The van der Waals surface area contributed by atoms with E-state index in [9.17, 15) is 13.2 Å². The first-order valence-electron chi connectivity index (χ1n) is 4.41. The molecule has 1 unspecified atom stereocenters. The molecule has 2 N–H and O–H groups in total. The lowest BCUT2D eigenvalue weighted by Gasteiger charge is -2.10. The second kappa shape index (κ2) is 4.97. The van der Waals surface area contributed by atoms with E-state index >= 15 is 0 Å². The van der Waals surface area contributed by atoms with Crippen molar-refractivity contribution in [2.24, 2.45) is 5.92 Å². The Morgan fingerprint density at radius 3 is 2.67 bits per heavy atom. The van der Waals surface area contributed by atoms with E-state index in [2.05, 4.69) is 10.3 Å². The van der Waals surface area contributed by atoms with E-state index in [1.54, 1.807) is 6.92 Å². The Labute approximate surface area is 85.0 Å². The maximum Gasteiger partial charge on any atom is 0.251 e. The van der Waals surface area contributed by atoms with Crippen molar-refractivity contribution in [3.8, 4) is 0 Å². The second-order valence-corrected chi connectivity index (χ2v) is 3.26. The average Bonchev–Trinajstić information content (AvgIpc) is 2.21. The van der Waals surface area contributed by atoms with Crippen molar-refractivity contribution < 1.29 is 18.3 Å². The van der Waals surface area contributed by atoms with Gasteiger partial charge >= 0.3 is 0 Å². The van der Waals surface area contributed by atoms with Gasteiger partial charge in [-0.2, -0.15) is 9.37 Å². The van der Waals surface area contributed by atoms with Gasteiger partial charge in [-0.15, -0.1) is 0 Å². The molecule has 1 aromatic rings. The Kier molecular flexibility index (Phi) is 3.90. The molecule has 0 aliphatic heterocycles. The molecule has 6 heteroatoms. The minimum atomic E-state index is -1.35. The van der Waals surface area contributed by atoms with Gasteiger partial charge in [0, 0.05) is 19.2 Å². The first-order chi connectivity index (χ1) is 7.04. The fraction of sp³-hybridized carbons (Fsp3) is 0.444. The molecule has 1 aromatic heterocycles. The lowest BCUT2D eigenvalue weighted by Crippen LogP contribution is -2.16. The Morgan fingerprint density at radius 2 is 2.07 bits per heavy atom. The predicted octanol–water partition coefficient (Wildman–Crippen LogP) is 1.54. The van der Waals surface area contributed by atoms with Gasteiger partial charge in [0.05, 0.1) is 0 Å². The molecule has 1 heterocycles. The number of aromatic nitrogens is 1. The van der Waals surface area contributed by atoms with Crippen molar-refractivity contribution in [2.75, 3.05) is 18.5 Å². The molecular weight excluding hydrogens is 209 g/mol. The van der Waals surface area contributed by atoms with Crippen LogP contribution in [-0.2, 0) is 0 Å². The van der Waals surface area contributed by atoms with E-state index in [0.717, 1.165) is 0 Å². The summed E-state index contributed by atoms with van der Waals surface area (Å²) in [6.45, 7) is 1.86. The maximum atomic E-state index is 13.0. The lowest BCUT2D eigenvalue weighted by molar-refractivity contribution is 0.244. The summed E-state index contributed by atoms with van der Waals surface area (Å²) in [6.07, 6.45) is 0. The number of aliphatic hydroxyl groups excluding tert-OH is 1. The summed E-state index contributed by atoms with van der Waals surface area (Å²) in [4.78, 5) is 3.07. The van der Waals surface area contributed by atoms with Crippen molar-refractivity contribution in [3.05, 3.63) is 23.6 Å². The van der Waals surface area contributed by atoms with Gasteiger partial charge in [-0.1, -0.05) is 6.92 Å². The van der Waals surface area contributed by atoms with Crippen LogP contribution in [-0.4, -0.2) is 23.2 Å². The Balaban J connectivity index is 2.73. The summed E-state index contributed by atoms with van der Waals surface area (Å²) in [7, 11) is 0. The molecule has 0 aromatic carbocycles. The third-order valence-electron chi connectivity index (χ3n) is 1.82. The zero-order valence-electron chi connectivity index (χ0n) is 8.10. The first kappa shape index (κ1) is 11.8. The van der Waals surface area contributed by atoms with Crippen LogP contribution in [0.25, 0.3) is 0 Å². The van der Waals surface area contributed by atoms with E-state index < -0.39 is 17.6 Å². The van der Waals surface area contributed by atoms with Crippen molar-refractivity contribution >= 4 is 5.82 Å². The molecule has 0 spiro atoms. The van der Waals surface area contributed by atoms with Crippen molar-refractivity contribution in [2.45, 2.75) is 6.92 Å². The SMILES string of the molecule is CC(CO)CNc1nc(F)c(F)cc1F. The largest absolute Gasteiger partial charge is 0.396 e. The normalized spacial score (nSPS) is 12.6. The highest BCUT2D eigenvalue weighted by Gasteiger charge is 2.11. The number of rotatable bonds is 4. The first-order valence-corrected chi connectivity index (χ1v) is 4.41. The predicted molar refractivity (Wildman–Crippen MR) is 48.9 cm³/mol. The molecule has 1 rings (SSSR count). The van der Waals surface area contributed by atoms with Crippen LogP contribution >= 0.6 is 0 Å². The second-order valence-electron chi connectivity index (χ2n) is 3.26. The monoisotopic (exact) mass is 220 g/mol.